The number of nitrogens with zero attached hydrogens (tertiary/aromatic N) is 2. The molecular weight excluding hydrogens is 296 g/mol. The number of allylic oxidation sites excluding steroid dienone is 2. The highest BCUT2D eigenvalue weighted by molar-refractivity contribution is 6.24. The van der Waals surface area contributed by atoms with Gasteiger partial charge in [0, 0.05) is 44.9 Å². The molecule has 2 aliphatic rings. The third-order valence-corrected chi connectivity index (χ3v) is 4.46. The summed E-state index contributed by atoms with van der Waals surface area (Å²) in [6, 6.07) is 0. The molecule has 0 aromatic carbocycles. The van der Waals surface area contributed by atoms with E-state index >= 15 is 0 Å². The van der Waals surface area contributed by atoms with Crippen molar-refractivity contribution in [3.8, 4) is 0 Å². The monoisotopic (exact) mass is 316 g/mol. The van der Waals surface area contributed by atoms with Crippen LogP contribution >= 0.6 is 0 Å². The number of carbonyl (C=O) groups is 2. The Bertz CT molecular complexity index is 712. The summed E-state index contributed by atoms with van der Waals surface area (Å²) in [5.74, 6) is 0.676. The Balaban J connectivity index is 1.80. The number of aryl methyl sites for hydroxylation is 2. The molecule has 2 aliphatic carbocycles. The quantitative estimate of drug-likeness (QED) is 0.683. The molecule has 1 aromatic heterocycles. The third-order valence-electron chi connectivity index (χ3n) is 4.46. The summed E-state index contributed by atoms with van der Waals surface area (Å²) in [5, 5.41) is 14.3. The average Bonchev–Trinajstić information content (AvgIpc) is 2.97. The van der Waals surface area contributed by atoms with E-state index in [9.17, 15) is 14.7 Å². The van der Waals surface area contributed by atoms with Crippen molar-refractivity contribution in [2.45, 2.75) is 51.4 Å². The first kappa shape index (κ1) is 15.6. The van der Waals surface area contributed by atoms with E-state index in [1.165, 1.54) is 0 Å². The zero-order chi connectivity index (χ0) is 16.4. The molecule has 1 saturated carbocycles. The highest BCUT2D eigenvalue weighted by Crippen LogP contribution is 2.27. The zero-order valence-electron chi connectivity index (χ0n) is 13.2. The standard InChI is InChI=1S/C17H20N2O4/c1-18-10-4-2-5-12(20)16(10)14(22)9-8-11-17-13(21)6-3-7-15(17)23-19-11/h22H,2-9H2,1H3/b16-14-,18-10?. The van der Waals surface area contributed by atoms with Crippen LogP contribution in [0.2, 0.25) is 0 Å². The smallest absolute Gasteiger partial charge is 0.168 e. The Morgan fingerprint density at radius 3 is 2.70 bits per heavy atom. The molecule has 0 saturated heterocycles. The maximum Gasteiger partial charge on any atom is 0.168 e. The van der Waals surface area contributed by atoms with E-state index in [4.69, 9.17) is 4.52 Å². The van der Waals surface area contributed by atoms with Crippen LogP contribution in [-0.4, -0.2) is 34.6 Å². The van der Waals surface area contributed by atoms with Gasteiger partial charge in [0.1, 0.15) is 11.5 Å². The predicted molar refractivity (Wildman–Crippen MR) is 84.0 cm³/mol. The van der Waals surface area contributed by atoms with Crippen LogP contribution in [0.5, 0.6) is 0 Å². The number of hydrogen-bond acceptors (Lipinski definition) is 6. The van der Waals surface area contributed by atoms with Crippen LogP contribution in [0.3, 0.4) is 0 Å². The number of hydrogen-bond donors (Lipinski definition) is 1. The second-order valence-electron chi connectivity index (χ2n) is 5.97. The molecule has 3 rings (SSSR count). The van der Waals surface area contributed by atoms with Gasteiger partial charge in [0.05, 0.1) is 16.8 Å². The third kappa shape index (κ3) is 2.98. The summed E-state index contributed by atoms with van der Waals surface area (Å²) in [6.45, 7) is 0. The molecule has 1 fully saturated rings. The molecule has 0 spiro atoms. The normalized spacial score (nSPS) is 22.4. The van der Waals surface area contributed by atoms with Crippen LogP contribution in [0.1, 0.15) is 60.3 Å². The Hall–Kier alpha value is -2.24. The number of rotatable bonds is 3. The van der Waals surface area contributed by atoms with Crippen LogP contribution in [0.25, 0.3) is 0 Å². The van der Waals surface area contributed by atoms with Crippen molar-refractivity contribution < 1.29 is 19.2 Å². The van der Waals surface area contributed by atoms with E-state index in [-0.39, 0.29) is 23.7 Å². The van der Waals surface area contributed by atoms with E-state index in [0.29, 0.717) is 54.0 Å². The number of aliphatic hydroxyl groups is 1. The topological polar surface area (TPSA) is 92.8 Å². The molecule has 122 valence electrons. The van der Waals surface area contributed by atoms with Crippen molar-refractivity contribution >= 4 is 17.3 Å². The summed E-state index contributed by atoms with van der Waals surface area (Å²) in [5.41, 5.74) is 2.17. The van der Waals surface area contributed by atoms with E-state index in [1.807, 2.05) is 0 Å². The summed E-state index contributed by atoms with van der Waals surface area (Å²) in [6.07, 6.45) is 4.59. The molecule has 0 radical (unpaired) electrons. The minimum absolute atomic E-state index is 0.0373. The Kier molecular flexibility index (Phi) is 4.41. The molecule has 0 amide bonds. The van der Waals surface area contributed by atoms with Gasteiger partial charge in [0.2, 0.25) is 0 Å². The summed E-state index contributed by atoms with van der Waals surface area (Å²) >= 11 is 0. The molecule has 0 unspecified atom stereocenters. The van der Waals surface area contributed by atoms with Crippen molar-refractivity contribution in [2.75, 3.05) is 7.05 Å². The van der Waals surface area contributed by atoms with Crippen molar-refractivity contribution in [1.82, 2.24) is 5.16 Å². The second kappa shape index (κ2) is 6.48. The van der Waals surface area contributed by atoms with Gasteiger partial charge in [-0.25, -0.2) is 0 Å². The van der Waals surface area contributed by atoms with Gasteiger partial charge in [0.25, 0.3) is 0 Å². The molecular formula is C17H20N2O4. The van der Waals surface area contributed by atoms with Crippen LogP contribution in [0.4, 0.5) is 0 Å². The van der Waals surface area contributed by atoms with E-state index in [1.54, 1.807) is 7.05 Å². The van der Waals surface area contributed by atoms with E-state index in [0.717, 1.165) is 19.3 Å². The molecule has 0 aliphatic heterocycles. The number of aliphatic hydroxyl groups excluding tert-OH is 1. The molecule has 1 N–H and O–H groups in total. The van der Waals surface area contributed by atoms with Gasteiger partial charge >= 0.3 is 0 Å². The van der Waals surface area contributed by atoms with Crippen molar-refractivity contribution in [2.24, 2.45) is 4.99 Å². The van der Waals surface area contributed by atoms with Crippen molar-refractivity contribution in [1.29, 1.82) is 0 Å². The van der Waals surface area contributed by atoms with Crippen LogP contribution < -0.4 is 0 Å². The maximum atomic E-state index is 12.1. The largest absolute Gasteiger partial charge is 0.511 e. The molecule has 1 aromatic rings. The van der Waals surface area contributed by atoms with E-state index < -0.39 is 0 Å². The number of fused-ring (bicyclic) bond motifs is 1. The lowest BCUT2D eigenvalue weighted by atomic mass is 9.89. The van der Waals surface area contributed by atoms with Gasteiger partial charge < -0.3 is 9.63 Å². The number of ketones is 2. The van der Waals surface area contributed by atoms with E-state index in [2.05, 4.69) is 10.1 Å². The lowest BCUT2D eigenvalue weighted by molar-refractivity contribution is -0.115. The molecule has 6 heteroatoms. The SMILES string of the molecule is CN=C1CCCC(=O)/C1=C(\O)CCc1noc2c1C(=O)CCC2. The zero-order valence-corrected chi connectivity index (χ0v) is 13.2. The first-order valence-corrected chi connectivity index (χ1v) is 8.03. The molecule has 0 bridgehead atoms. The summed E-state index contributed by atoms with van der Waals surface area (Å²) < 4.78 is 5.24. The Morgan fingerprint density at radius 1 is 1.17 bits per heavy atom. The van der Waals surface area contributed by atoms with Gasteiger partial charge in [-0.15, -0.1) is 0 Å². The lowest BCUT2D eigenvalue weighted by Crippen LogP contribution is -2.21. The number of aliphatic imine (C=N–C) groups is 1. The number of carbonyl (C=O) groups excluding carboxylic acids is 2. The second-order valence-corrected chi connectivity index (χ2v) is 5.97. The summed E-state index contributed by atoms with van der Waals surface area (Å²) in [7, 11) is 1.63. The minimum Gasteiger partial charge on any atom is -0.511 e. The number of aromatic nitrogens is 1. The first-order valence-electron chi connectivity index (χ1n) is 8.03. The predicted octanol–water partition coefficient (Wildman–Crippen LogP) is 2.76. The molecule has 1 heterocycles. The lowest BCUT2D eigenvalue weighted by Gasteiger charge is -2.17. The highest BCUT2D eigenvalue weighted by Gasteiger charge is 2.28. The summed E-state index contributed by atoms with van der Waals surface area (Å²) in [4.78, 5) is 28.2. The molecule has 6 nitrogen and oxygen atoms in total. The van der Waals surface area contributed by atoms with Crippen molar-refractivity contribution in [3.63, 3.8) is 0 Å². The Labute approximate surface area is 134 Å². The highest BCUT2D eigenvalue weighted by atomic mass is 16.5. The van der Waals surface area contributed by atoms with Crippen molar-refractivity contribution in [3.05, 3.63) is 28.3 Å². The fraction of sp³-hybridized carbons (Fsp3) is 0.529. The Morgan fingerprint density at radius 2 is 1.91 bits per heavy atom. The van der Waals surface area contributed by atoms with Gasteiger partial charge in [-0.2, -0.15) is 0 Å². The number of Topliss-reactive ketones (excluding diaryl/α,β-unsaturated/α-hetero) is 2. The average molecular weight is 316 g/mol. The minimum atomic E-state index is -0.0624. The molecule has 23 heavy (non-hydrogen) atoms. The first-order chi connectivity index (χ1) is 11.1. The van der Waals surface area contributed by atoms with Crippen LogP contribution in [-0.2, 0) is 17.6 Å². The van der Waals surface area contributed by atoms with Gasteiger partial charge in [-0.3, -0.25) is 14.6 Å². The molecule has 0 atom stereocenters. The van der Waals surface area contributed by atoms with Gasteiger partial charge in [0.15, 0.2) is 11.6 Å². The van der Waals surface area contributed by atoms with Gasteiger partial charge in [-0.05, 0) is 19.3 Å². The van der Waals surface area contributed by atoms with Gasteiger partial charge in [-0.1, -0.05) is 5.16 Å². The fourth-order valence-corrected chi connectivity index (χ4v) is 3.29. The van der Waals surface area contributed by atoms with Crippen LogP contribution in [0, 0.1) is 0 Å². The maximum absolute atomic E-state index is 12.1. The van der Waals surface area contributed by atoms with Crippen LogP contribution in [0.15, 0.2) is 20.8 Å². The fourth-order valence-electron chi connectivity index (χ4n) is 3.29.